The van der Waals surface area contributed by atoms with Gasteiger partial charge in [0.1, 0.15) is 6.04 Å². The van der Waals surface area contributed by atoms with Crippen LogP contribution in [0.2, 0.25) is 0 Å². The Morgan fingerprint density at radius 3 is 2.20 bits per heavy atom. The van der Waals surface area contributed by atoms with Crippen LogP contribution in [-0.4, -0.2) is 40.6 Å². The summed E-state index contributed by atoms with van der Waals surface area (Å²) in [5.41, 5.74) is 5.58. The predicted molar refractivity (Wildman–Crippen MR) is 73.1 cm³/mol. The number of amides is 1. The Labute approximate surface area is 118 Å². The summed E-state index contributed by atoms with van der Waals surface area (Å²) >= 11 is 0. The molecule has 0 aromatic rings. The van der Waals surface area contributed by atoms with E-state index in [1.807, 2.05) is 13.8 Å². The summed E-state index contributed by atoms with van der Waals surface area (Å²) in [6, 6.07) is -1.17. The molecule has 1 unspecified atom stereocenters. The predicted octanol–water partition coefficient (Wildman–Crippen LogP) is 0.432. The number of carbonyl (C=O) groups is 3. The molecule has 0 spiro atoms. The average Bonchev–Trinajstić information content (AvgIpc) is 2.32. The number of hydrogen-bond donors (Lipinski definition) is 4. The van der Waals surface area contributed by atoms with Crippen LogP contribution in [0.25, 0.3) is 0 Å². The number of carbonyl (C=O) groups excluding carboxylic acids is 1. The molecule has 0 bridgehead atoms. The van der Waals surface area contributed by atoms with E-state index >= 15 is 0 Å². The first-order chi connectivity index (χ1) is 9.26. The van der Waals surface area contributed by atoms with E-state index in [1.54, 1.807) is 0 Å². The lowest BCUT2D eigenvalue weighted by molar-refractivity contribution is -0.143. The number of carboxylic acids is 2. The number of nitrogens with one attached hydrogen (secondary N) is 1. The Kier molecular flexibility index (Phi) is 8.54. The summed E-state index contributed by atoms with van der Waals surface area (Å²) in [4.78, 5) is 33.2. The molecule has 0 rings (SSSR count). The van der Waals surface area contributed by atoms with Gasteiger partial charge in [-0.05, 0) is 31.2 Å². The maximum absolute atomic E-state index is 11.8. The molecule has 0 aromatic heterocycles. The van der Waals surface area contributed by atoms with Gasteiger partial charge in [-0.15, -0.1) is 0 Å². The molecule has 0 aliphatic heterocycles. The summed E-state index contributed by atoms with van der Waals surface area (Å²) in [6.45, 7) is 4.40. The second-order valence-electron chi connectivity index (χ2n) is 5.33. The molecule has 0 saturated carbocycles. The van der Waals surface area contributed by atoms with Gasteiger partial charge in [-0.2, -0.15) is 0 Å². The van der Waals surface area contributed by atoms with E-state index in [1.165, 1.54) is 0 Å². The maximum Gasteiger partial charge on any atom is 0.326 e. The molecule has 0 aliphatic carbocycles. The third-order valence-electron chi connectivity index (χ3n) is 2.89. The molecule has 1 amide bonds. The zero-order valence-electron chi connectivity index (χ0n) is 12.0. The lowest BCUT2D eigenvalue weighted by atomic mass is 9.94. The van der Waals surface area contributed by atoms with Crippen LogP contribution < -0.4 is 11.1 Å². The van der Waals surface area contributed by atoms with Crippen molar-refractivity contribution in [1.29, 1.82) is 0 Å². The second kappa shape index (κ2) is 9.30. The average molecular weight is 288 g/mol. The number of carboxylic acid groups (broad SMARTS) is 2. The minimum Gasteiger partial charge on any atom is -0.481 e. The van der Waals surface area contributed by atoms with Crippen LogP contribution in [0, 0.1) is 11.8 Å². The summed E-state index contributed by atoms with van der Waals surface area (Å²) in [6.07, 6.45) is 0.514. The molecule has 5 N–H and O–H groups in total. The van der Waals surface area contributed by atoms with Crippen LogP contribution in [0.4, 0.5) is 0 Å². The summed E-state index contributed by atoms with van der Waals surface area (Å²) in [7, 11) is 0. The Morgan fingerprint density at radius 1 is 1.20 bits per heavy atom. The normalized spacial score (nSPS) is 13.8. The molecule has 116 valence electrons. The Morgan fingerprint density at radius 2 is 1.80 bits per heavy atom. The van der Waals surface area contributed by atoms with Gasteiger partial charge in [0.25, 0.3) is 0 Å². The first-order valence-corrected chi connectivity index (χ1v) is 6.70. The van der Waals surface area contributed by atoms with Gasteiger partial charge in [0.15, 0.2) is 0 Å². The molecular weight excluding hydrogens is 264 g/mol. The molecule has 7 nitrogen and oxygen atoms in total. The van der Waals surface area contributed by atoms with Gasteiger partial charge in [-0.3, -0.25) is 9.59 Å². The van der Waals surface area contributed by atoms with Crippen molar-refractivity contribution in [3.05, 3.63) is 0 Å². The topological polar surface area (TPSA) is 130 Å². The van der Waals surface area contributed by atoms with Gasteiger partial charge in [0.2, 0.25) is 5.91 Å². The minimum absolute atomic E-state index is 0.00363. The van der Waals surface area contributed by atoms with Gasteiger partial charge in [-0.1, -0.05) is 13.8 Å². The summed E-state index contributed by atoms with van der Waals surface area (Å²) in [5, 5.41) is 19.8. The van der Waals surface area contributed by atoms with Crippen molar-refractivity contribution in [2.24, 2.45) is 17.6 Å². The Bertz CT molecular complexity index is 344. The fourth-order valence-corrected chi connectivity index (χ4v) is 1.97. The molecule has 0 aliphatic rings. The maximum atomic E-state index is 11.8. The molecule has 0 heterocycles. The lowest BCUT2D eigenvalue weighted by Crippen LogP contribution is -2.42. The Hall–Kier alpha value is -1.63. The van der Waals surface area contributed by atoms with E-state index in [0.717, 1.165) is 6.42 Å². The third kappa shape index (κ3) is 8.47. The molecule has 7 heteroatoms. The first-order valence-electron chi connectivity index (χ1n) is 6.70. The van der Waals surface area contributed by atoms with Crippen LogP contribution >= 0.6 is 0 Å². The van der Waals surface area contributed by atoms with Crippen LogP contribution in [0.15, 0.2) is 0 Å². The quantitative estimate of drug-likeness (QED) is 0.461. The highest BCUT2D eigenvalue weighted by molar-refractivity contribution is 5.84. The van der Waals surface area contributed by atoms with Gasteiger partial charge < -0.3 is 21.3 Å². The Balaban J connectivity index is 4.37. The van der Waals surface area contributed by atoms with Crippen LogP contribution in [0.1, 0.15) is 39.5 Å². The van der Waals surface area contributed by atoms with Crippen molar-refractivity contribution in [2.75, 3.05) is 6.54 Å². The van der Waals surface area contributed by atoms with E-state index < -0.39 is 23.9 Å². The van der Waals surface area contributed by atoms with Crippen molar-refractivity contribution in [3.8, 4) is 0 Å². The SMILES string of the molecule is CC(C)C[C@H](CN)CC(=O)NC(CCC(=O)O)C(=O)O. The van der Waals surface area contributed by atoms with Gasteiger partial charge in [0.05, 0.1) is 0 Å². The van der Waals surface area contributed by atoms with Crippen LogP contribution in [-0.2, 0) is 14.4 Å². The third-order valence-corrected chi connectivity index (χ3v) is 2.89. The zero-order chi connectivity index (χ0) is 15.7. The molecule has 0 radical (unpaired) electrons. The highest BCUT2D eigenvalue weighted by Gasteiger charge is 2.22. The molecule has 0 saturated heterocycles. The number of hydrogen-bond acceptors (Lipinski definition) is 4. The monoisotopic (exact) mass is 288 g/mol. The van der Waals surface area contributed by atoms with Crippen LogP contribution in [0.5, 0.6) is 0 Å². The largest absolute Gasteiger partial charge is 0.481 e. The smallest absolute Gasteiger partial charge is 0.326 e. The fraction of sp³-hybridized carbons (Fsp3) is 0.769. The van der Waals surface area contributed by atoms with Crippen molar-refractivity contribution in [1.82, 2.24) is 5.32 Å². The van der Waals surface area contributed by atoms with Crippen LogP contribution in [0.3, 0.4) is 0 Å². The highest BCUT2D eigenvalue weighted by atomic mass is 16.4. The standard InChI is InChI=1S/C13H24N2O5/c1-8(2)5-9(7-14)6-11(16)15-10(13(19)20)3-4-12(17)18/h8-10H,3-7,14H2,1-2H3,(H,15,16)(H,17,18)(H,19,20)/t9-,10?/m0/s1. The highest BCUT2D eigenvalue weighted by Crippen LogP contribution is 2.14. The fourth-order valence-electron chi connectivity index (χ4n) is 1.97. The lowest BCUT2D eigenvalue weighted by Gasteiger charge is -2.19. The number of rotatable bonds is 10. The first kappa shape index (κ1) is 18.4. The zero-order valence-corrected chi connectivity index (χ0v) is 12.0. The van der Waals surface area contributed by atoms with Crippen molar-refractivity contribution in [2.45, 2.75) is 45.6 Å². The molecular formula is C13H24N2O5. The molecule has 2 atom stereocenters. The van der Waals surface area contributed by atoms with E-state index in [4.69, 9.17) is 15.9 Å². The van der Waals surface area contributed by atoms with E-state index in [9.17, 15) is 14.4 Å². The molecule has 20 heavy (non-hydrogen) atoms. The molecule has 0 aromatic carbocycles. The summed E-state index contributed by atoms with van der Waals surface area (Å²) in [5.74, 6) is -2.32. The van der Waals surface area contributed by atoms with E-state index in [-0.39, 0.29) is 25.2 Å². The molecule has 0 fully saturated rings. The van der Waals surface area contributed by atoms with Crippen molar-refractivity contribution < 1.29 is 24.6 Å². The minimum atomic E-state index is -1.23. The van der Waals surface area contributed by atoms with Gasteiger partial charge >= 0.3 is 11.9 Å². The van der Waals surface area contributed by atoms with Crippen molar-refractivity contribution in [3.63, 3.8) is 0 Å². The van der Waals surface area contributed by atoms with E-state index in [0.29, 0.717) is 12.5 Å². The second-order valence-corrected chi connectivity index (χ2v) is 5.33. The number of nitrogens with two attached hydrogens (primary N) is 1. The van der Waals surface area contributed by atoms with Crippen molar-refractivity contribution >= 4 is 17.8 Å². The number of aliphatic carboxylic acids is 2. The van der Waals surface area contributed by atoms with Gasteiger partial charge in [-0.25, -0.2) is 4.79 Å². The van der Waals surface area contributed by atoms with Gasteiger partial charge in [0, 0.05) is 12.8 Å². The summed E-state index contributed by atoms with van der Waals surface area (Å²) < 4.78 is 0. The van der Waals surface area contributed by atoms with E-state index in [2.05, 4.69) is 5.32 Å².